The fraction of sp³-hybridized carbons (Fsp3) is 0.433. The number of carbonyl (C=O) groups excluding carboxylic acids is 2. The van der Waals surface area contributed by atoms with Crippen molar-refractivity contribution in [1.82, 2.24) is 14.0 Å². The topological polar surface area (TPSA) is 87.4 Å². The highest BCUT2D eigenvalue weighted by atomic mass is 35.5. The highest BCUT2D eigenvalue weighted by Crippen LogP contribution is 2.41. The second kappa shape index (κ2) is 13.9. The summed E-state index contributed by atoms with van der Waals surface area (Å²) in [5.41, 5.74) is 1.57. The van der Waals surface area contributed by atoms with E-state index in [1.54, 1.807) is 36.6 Å². The number of alkyl halides is 1. The van der Waals surface area contributed by atoms with Crippen LogP contribution in [0.1, 0.15) is 25.7 Å². The third-order valence-corrected chi connectivity index (χ3v) is 8.53. The number of hydrogen-bond acceptors (Lipinski definition) is 8. The van der Waals surface area contributed by atoms with Gasteiger partial charge in [-0.3, -0.25) is 9.36 Å². The van der Waals surface area contributed by atoms with Crippen molar-refractivity contribution in [3.8, 4) is 5.75 Å². The van der Waals surface area contributed by atoms with Gasteiger partial charge in [-0.2, -0.15) is 0 Å². The van der Waals surface area contributed by atoms with Crippen molar-refractivity contribution >= 4 is 53.0 Å². The summed E-state index contributed by atoms with van der Waals surface area (Å²) in [6, 6.07) is 12.7. The van der Waals surface area contributed by atoms with Crippen molar-refractivity contribution in [1.29, 1.82) is 0 Å². The van der Waals surface area contributed by atoms with Crippen molar-refractivity contribution in [2.24, 2.45) is 0 Å². The number of aromatic nitrogens is 2. The SMILES string of the molecule is CCOC(=O)C(F)n1ccn(C[C@]2(c3ccc(Cl)cc3Cl)OC[C@H](COc3ccc(N4CCN(C(C)=O)CC4)cc3)O2)c1=S. The number of carbonyl (C=O) groups is 2. The van der Waals surface area contributed by atoms with Gasteiger partial charge in [0.25, 0.3) is 6.30 Å². The van der Waals surface area contributed by atoms with Crippen LogP contribution < -0.4 is 9.64 Å². The van der Waals surface area contributed by atoms with E-state index in [1.165, 1.54) is 12.4 Å². The number of ether oxygens (including phenoxy) is 4. The minimum absolute atomic E-state index is 0.0117. The molecule has 3 aromatic rings. The number of piperazine rings is 1. The maximum Gasteiger partial charge on any atom is 0.362 e. The average molecular weight is 668 g/mol. The molecule has 1 amide bonds. The summed E-state index contributed by atoms with van der Waals surface area (Å²) < 4.78 is 41.0. The Labute approximate surface area is 269 Å². The monoisotopic (exact) mass is 666 g/mol. The van der Waals surface area contributed by atoms with E-state index in [0.29, 0.717) is 34.4 Å². The molecule has 0 radical (unpaired) electrons. The molecule has 14 heteroatoms. The molecule has 5 rings (SSSR count). The van der Waals surface area contributed by atoms with E-state index in [-0.39, 0.29) is 37.0 Å². The first kappa shape index (κ1) is 32.2. The zero-order valence-corrected chi connectivity index (χ0v) is 26.6. The van der Waals surface area contributed by atoms with Crippen LogP contribution in [0, 0.1) is 4.77 Å². The molecule has 236 valence electrons. The van der Waals surface area contributed by atoms with Crippen LogP contribution in [-0.2, 0) is 36.1 Å². The Morgan fingerprint density at radius 3 is 2.50 bits per heavy atom. The average Bonchev–Trinajstić information content (AvgIpc) is 3.59. The van der Waals surface area contributed by atoms with Gasteiger partial charge in [-0.05, 0) is 55.5 Å². The number of amides is 1. The molecule has 2 aromatic carbocycles. The van der Waals surface area contributed by atoms with Crippen LogP contribution in [0.5, 0.6) is 5.75 Å². The van der Waals surface area contributed by atoms with E-state index in [2.05, 4.69) is 4.90 Å². The van der Waals surface area contributed by atoms with E-state index in [4.69, 9.17) is 54.4 Å². The largest absolute Gasteiger partial charge is 0.491 e. The lowest BCUT2D eigenvalue weighted by Gasteiger charge is -2.35. The smallest absolute Gasteiger partial charge is 0.362 e. The van der Waals surface area contributed by atoms with Crippen LogP contribution in [0.4, 0.5) is 10.1 Å². The molecule has 1 aromatic heterocycles. The Kier molecular flexibility index (Phi) is 10.2. The van der Waals surface area contributed by atoms with Crippen molar-refractivity contribution in [2.45, 2.75) is 38.6 Å². The second-order valence-corrected chi connectivity index (χ2v) is 11.6. The highest BCUT2D eigenvalue weighted by Gasteiger charge is 2.45. The molecule has 10 nitrogen and oxygen atoms in total. The molecule has 1 unspecified atom stereocenters. The minimum atomic E-state index is -2.10. The van der Waals surface area contributed by atoms with Gasteiger partial charge in [0.15, 0.2) is 4.77 Å². The quantitative estimate of drug-likeness (QED) is 0.211. The number of benzene rings is 2. The molecular formula is C30H33Cl2FN4O6S. The van der Waals surface area contributed by atoms with Crippen LogP contribution in [-0.4, -0.2) is 78.0 Å². The summed E-state index contributed by atoms with van der Waals surface area (Å²) in [5.74, 6) is -1.68. The van der Waals surface area contributed by atoms with Crippen LogP contribution in [0.3, 0.4) is 0 Å². The number of nitrogens with zero attached hydrogens (tertiary/aromatic N) is 4. The zero-order valence-electron chi connectivity index (χ0n) is 24.3. The lowest BCUT2D eigenvalue weighted by atomic mass is 10.1. The molecule has 0 bridgehead atoms. The van der Waals surface area contributed by atoms with E-state index in [9.17, 15) is 14.0 Å². The summed E-state index contributed by atoms with van der Waals surface area (Å²) in [6.07, 6.45) is 0.328. The molecule has 0 N–H and O–H groups in total. The summed E-state index contributed by atoms with van der Waals surface area (Å²) in [6.45, 7) is 6.54. The number of hydrogen-bond donors (Lipinski definition) is 0. The fourth-order valence-electron chi connectivity index (χ4n) is 5.25. The van der Waals surface area contributed by atoms with E-state index in [0.717, 1.165) is 23.3 Å². The molecule has 2 aliphatic heterocycles. The first-order chi connectivity index (χ1) is 21.1. The Morgan fingerprint density at radius 2 is 1.84 bits per heavy atom. The Balaban J connectivity index is 1.28. The van der Waals surface area contributed by atoms with Crippen LogP contribution >= 0.6 is 35.4 Å². The lowest BCUT2D eigenvalue weighted by Crippen LogP contribution is -2.48. The molecule has 2 aliphatic rings. The number of imidazole rings is 1. The predicted octanol–water partition coefficient (Wildman–Crippen LogP) is 5.37. The van der Waals surface area contributed by atoms with E-state index >= 15 is 0 Å². The minimum Gasteiger partial charge on any atom is -0.491 e. The first-order valence-electron chi connectivity index (χ1n) is 14.2. The molecule has 44 heavy (non-hydrogen) atoms. The van der Waals surface area contributed by atoms with Crippen LogP contribution in [0.25, 0.3) is 0 Å². The molecule has 3 atom stereocenters. The second-order valence-electron chi connectivity index (χ2n) is 10.4. The van der Waals surface area contributed by atoms with Crippen molar-refractivity contribution in [2.75, 3.05) is 50.9 Å². The Hall–Kier alpha value is -3.16. The standard InChI is InChI=1S/C30H33Cl2FN4O6S/c1-3-40-28(39)27(33)37-15-14-36(29(37)44)19-30(25-9-4-21(31)16-26(25)32)42-18-24(43-30)17-41-23-7-5-22(6-8-23)35-12-10-34(11-13-35)20(2)38/h4-9,14-16,24,27H,3,10-13,17-19H2,1-2H3/t24-,27?,30-/m0/s1. The molecule has 2 fully saturated rings. The van der Waals surface area contributed by atoms with E-state index in [1.807, 2.05) is 29.2 Å². The van der Waals surface area contributed by atoms with Gasteiger partial charge in [0.2, 0.25) is 11.7 Å². The summed E-state index contributed by atoms with van der Waals surface area (Å²) >= 11 is 18.2. The van der Waals surface area contributed by atoms with Crippen LogP contribution in [0.2, 0.25) is 10.0 Å². The van der Waals surface area contributed by atoms with Crippen molar-refractivity contribution in [3.63, 3.8) is 0 Å². The van der Waals surface area contributed by atoms with Gasteiger partial charge < -0.3 is 33.3 Å². The van der Waals surface area contributed by atoms with Crippen molar-refractivity contribution < 1.29 is 32.9 Å². The van der Waals surface area contributed by atoms with Gasteiger partial charge in [-0.25, -0.2) is 9.18 Å². The van der Waals surface area contributed by atoms with Gasteiger partial charge in [0.1, 0.15) is 18.5 Å². The molecular weight excluding hydrogens is 634 g/mol. The molecule has 0 aliphatic carbocycles. The predicted molar refractivity (Wildman–Crippen MR) is 165 cm³/mol. The highest BCUT2D eigenvalue weighted by molar-refractivity contribution is 7.71. The molecule has 0 spiro atoms. The maximum absolute atomic E-state index is 14.8. The first-order valence-corrected chi connectivity index (χ1v) is 15.3. The fourth-order valence-corrected chi connectivity index (χ4v) is 6.08. The Morgan fingerprint density at radius 1 is 1.11 bits per heavy atom. The van der Waals surface area contributed by atoms with Crippen LogP contribution in [0.15, 0.2) is 54.9 Å². The zero-order chi connectivity index (χ0) is 31.4. The number of rotatable bonds is 10. The van der Waals surface area contributed by atoms with E-state index < -0.39 is 24.2 Å². The van der Waals surface area contributed by atoms with Gasteiger partial charge >= 0.3 is 5.97 Å². The molecule has 3 heterocycles. The lowest BCUT2D eigenvalue weighted by molar-refractivity contribution is -0.189. The normalized spacial score (nSPS) is 20.9. The molecule has 2 saturated heterocycles. The summed E-state index contributed by atoms with van der Waals surface area (Å²) in [5, 5.41) is 0.757. The van der Waals surface area contributed by atoms with Gasteiger partial charge in [0, 0.05) is 61.8 Å². The number of esters is 1. The number of anilines is 1. The summed E-state index contributed by atoms with van der Waals surface area (Å²) in [7, 11) is 0. The third kappa shape index (κ3) is 7.05. The van der Waals surface area contributed by atoms with Gasteiger partial charge in [-0.15, -0.1) is 0 Å². The maximum atomic E-state index is 14.8. The van der Waals surface area contributed by atoms with Gasteiger partial charge in [-0.1, -0.05) is 29.3 Å². The van der Waals surface area contributed by atoms with Crippen molar-refractivity contribution in [3.05, 3.63) is 75.2 Å². The number of halogens is 3. The summed E-state index contributed by atoms with van der Waals surface area (Å²) in [4.78, 5) is 27.7. The van der Waals surface area contributed by atoms with Gasteiger partial charge in [0.05, 0.1) is 24.8 Å². The molecule has 0 saturated carbocycles. The third-order valence-electron chi connectivity index (χ3n) is 7.54. The Bertz CT molecular complexity index is 1540.